The minimum atomic E-state index is -2.81. The van der Waals surface area contributed by atoms with Crippen LogP contribution in [0.4, 0.5) is 8.78 Å². The Morgan fingerprint density at radius 2 is 1.91 bits per heavy atom. The van der Waals surface area contributed by atoms with Crippen molar-refractivity contribution in [1.29, 1.82) is 0 Å². The van der Waals surface area contributed by atoms with E-state index in [1.807, 2.05) is 36.4 Å². The second kappa shape index (κ2) is 11.1. The first-order valence-corrected chi connectivity index (χ1v) is 12.6. The summed E-state index contributed by atoms with van der Waals surface area (Å²) in [6.07, 6.45) is 1.05. The minimum Gasteiger partial charge on any atom is -0.490 e. The summed E-state index contributed by atoms with van der Waals surface area (Å²) in [5.41, 5.74) is 3.08. The number of aryl methyl sites for hydroxylation is 1. The number of ether oxygens (including phenoxy) is 2. The highest BCUT2D eigenvalue weighted by molar-refractivity contribution is 7.98. The summed E-state index contributed by atoms with van der Waals surface area (Å²) in [5.74, 6) is -1.38. The van der Waals surface area contributed by atoms with E-state index >= 15 is 0 Å². The van der Waals surface area contributed by atoms with Gasteiger partial charge in [0.1, 0.15) is 24.2 Å². The molecule has 0 radical (unpaired) electrons. The summed E-state index contributed by atoms with van der Waals surface area (Å²) >= 11 is 1.71. The van der Waals surface area contributed by atoms with Crippen LogP contribution in [0, 0.1) is 0 Å². The van der Waals surface area contributed by atoms with Gasteiger partial charge in [-0.15, -0.1) is 11.8 Å². The molecule has 0 fully saturated rings. The first-order chi connectivity index (χ1) is 16.8. The van der Waals surface area contributed by atoms with Gasteiger partial charge in [0.15, 0.2) is 0 Å². The second-order valence-electron chi connectivity index (χ2n) is 8.63. The molecule has 1 unspecified atom stereocenters. The van der Waals surface area contributed by atoms with Crippen molar-refractivity contribution in [1.82, 2.24) is 0 Å². The molecule has 0 bridgehead atoms. The van der Waals surface area contributed by atoms with Gasteiger partial charge in [-0.05, 0) is 59.9 Å². The molecule has 184 valence electrons. The van der Waals surface area contributed by atoms with Gasteiger partial charge in [0, 0.05) is 22.6 Å². The van der Waals surface area contributed by atoms with E-state index in [1.54, 1.807) is 23.9 Å². The van der Waals surface area contributed by atoms with E-state index in [4.69, 9.17) is 14.6 Å². The quantitative estimate of drug-likeness (QED) is 0.299. The fraction of sp³-hybridized carbons (Fsp3) is 0.321. The van der Waals surface area contributed by atoms with E-state index in [1.165, 1.54) is 19.1 Å². The van der Waals surface area contributed by atoms with E-state index < -0.39 is 11.9 Å². The molecule has 0 spiro atoms. The Morgan fingerprint density at radius 3 is 2.66 bits per heavy atom. The molecule has 1 N–H and O–H groups in total. The predicted octanol–water partition coefficient (Wildman–Crippen LogP) is 7.23. The van der Waals surface area contributed by atoms with E-state index in [9.17, 15) is 13.6 Å². The summed E-state index contributed by atoms with van der Waals surface area (Å²) in [6, 6.07) is 20.2. The van der Waals surface area contributed by atoms with Gasteiger partial charge in [-0.1, -0.05) is 43.3 Å². The van der Waals surface area contributed by atoms with Gasteiger partial charge in [0.2, 0.25) is 0 Å². The third-order valence-electron chi connectivity index (χ3n) is 5.99. The van der Waals surface area contributed by atoms with Crippen LogP contribution in [0.5, 0.6) is 11.5 Å². The largest absolute Gasteiger partial charge is 0.490 e. The molecular formula is C28H28F2O4S. The lowest BCUT2D eigenvalue weighted by Crippen LogP contribution is -2.25. The zero-order valence-electron chi connectivity index (χ0n) is 19.5. The molecule has 0 saturated carbocycles. The van der Waals surface area contributed by atoms with Crippen LogP contribution in [0.25, 0.3) is 0 Å². The summed E-state index contributed by atoms with van der Waals surface area (Å²) in [6.45, 7) is 1.78. The maximum Gasteiger partial charge on any atom is 0.307 e. The number of hydrogen-bond donors (Lipinski definition) is 1. The molecule has 4 rings (SSSR count). The van der Waals surface area contributed by atoms with Gasteiger partial charge in [0.05, 0.1) is 6.42 Å². The summed E-state index contributed by atoms with van der Waals surface area (Å²) in [7, 11) is 0. The topological polar surface area (TPSA) is 55.8 Å². The lowest BCUT2D eigenvalue weighted by Gasteiger charge is -2.25. The SMILES string of the molecule is CCC(F)(F)c1ccc(COc2cccc(CSc3ccc4c(c3)CCC(CC(=O)O)O4)c2)cc1. The highest BCUT2D eigenvalue weighted by Crippen LogP contribution is 2.34. The molecule has 4 nitrogen and oxygen atoms in total. The van der Waals surface area contributed by atoms with Crippen LogP contribution in [-0.2, 0) is 29.5 Å². The van der Waals surface area contributed by atoms with Gasteiger partial charge in [-0.3, -0.25) is 4.79 Å². The minimum absolute atomic E-state index is 0.0223. The van der Waals surface area contributed by atoms with Crippen molar-refractivity contribution in [2.75, 3.05) is 0 Å². The van der Waals surface area contributed by atoms with Crippen LogP contribution in [0.15, 0.2) is 71.6 Å². The highest BCUT2D eigenvalue weighted by Gasteiger charge is 2.28. The molecule has 0 amide bonds. The smallest absolute Gasteiger partial charge is 0.307 e. The Bertz CT molecular complexity index is 1160. The molecular weight excluding hydrogens is 470 g/mol. The Hall–Kier alpha value is -3.06. The highest BCUT2D eigenvalue weighted by atomic mass is 32.2. The second-order valence-corrected chi connectivity index (χ2v) is 9.67. The number of fused-ring (bicyclic) bond motifs is 1. The predicted molar refractivity (Wildman–Crippen MR) is 132 cm³/mol. The third-order valence-corrected chi connectivity index (χ3v) is 7.06. The van der Waals surface area contributed by atoms with Crippen molar-refractivity contribution in [3.8, 4) is 11.5 Å². The summed E-state index contributed by atoms with van der Waals surface area (Å²) in [4.78, 5) is 12.1. The van der Waals surface area contributed by atoms with Crippen LogP contribution in [-0.4, -0.2) is 17.2 Å². The molecule has 3 aromatic carbocycles. The molecule has 3 aromatic rings. The van der Waals surface area contributed by atoms with Crippen LogP contribution in [0.2, 0.25) is 0 Å². The van der Waals surface area contributed by atoms with E-state index in [0.717, 1.165) is 45.3 Å². The summed E-state index contributed by atoms with van der Waals surface area (Å²) in [5, 5.41) is 8.98. The van der Waals surface area contributed by atoms with Crippen molar-refractivity contribution >= 4 is 17.7 Å². The lowest BCUT2D eigenvalue weighted by atomic mass is 10.0. The number of carbonyl (C=O) groups is 1. The number of hydrogen-bond acceptors (Lipinski definition) is 4. The molecule has 0 aliphatic carbocycles. The van der Waals surface area contributed by atoms with Crippen molar-refractivity contribution in [2.24, 2.45) is 0 Å². The number of thioether (sulfide) groups is 1. The maximum absolute atomic E-state index is 13.8. The standard InChI is InChI=1S/C28H28F2O4S/c1-2-28(29,30)22-9-6-19(7-10-22)17-33-23-5-3-4-20(14-23)18-35-25-12-13-26-21(15-25)8-11-24(34-26)16-27(31)32/h3-7,9-10,12-15,24H,2,8,11,16-18H2,1H3,(H,31,32). The monoisotopic (exact) mass is 498 g/mol. The van der Waals surface area contributed by atoms with Gasteiger partial charge in [-0.2, -0.15) is 0 Å². The average Bonchev–Trinajstić information content (AvgIpc) is 2.86. The number of alkyl halides is 2. The molecule has 7 heteroatoms. The molecule has 0 saturated heterocycles. The lowest BCUT2D eigenvalue weighted by molar-refractivity contribution is -0.139. The molecule has 35 heavy (non-hydrogen) atoms. The molecule has 1 aliphatic rings. The van der Waals surface area contributed by atoms with Crippen LogP contribution in [0.1, 0.15) is 48.4 Å². The third kappa shape index (κ3) is 6.75. The van der Waals surface area contributed by atoms with E-state index in [-0.39, 0.29) is 24.5 Å². The Balaban J connectivity index is 1.31. The maximum atomic E-state index is 13.8. The molecule has 0 aromatic heterocycles. The summed E-state index contributed by atoms with van der Waals surface area (Å²) < 4.78 is 39.3. The Labute approximate surface area is 208 Å². The first kappa shape index (κ1) is 25.0. The number of benzene rings is 3. The van der Waals surface area contributed by atoms with E-state index in [0.29, 0.717) is 13.0 Å². The average molecular weight is 499 g/mol. The molecule has 1 aliphatic heterocycles. The Morgan fingerprint density at radius 1 is 1.11 bits per heavy atom. The van der Waals surface area contributed by atoms with E-state index in [2.05, 4.69) is 6.07 Å². The fourth-order valence-electron chi connectivity index (χ4n) is 3.96. The molecule has 1 atom stereocenters. The zero-order chi connectivity index (χ0) is 24.8. The number of carboxylic acid groups (broad SMARTS) is 1. The fourth-order valence-corrected chi connectivity index (χ4v) is 4.86. The van der Waals surface area contributed by atoms with Crippen LogP contribution < -0.4 is 9.47 Å². The van der Waals surface area contributed by atoms with Crippen LogP contribution >= 0.6 is 11.8 Å². The van der Waals surface area contributed by atoms with Gasteiger partial charge in [0.25, 0.3) is 5.92 Å². The van der Waals surface area contributed by atoms with Crippen LogP contribution in [0.3, 0.4) is 0 Å². The van der Waals surface area contributed by atoms with Gasteiger partial charge < -0.3 is 14.6 Å². The van der Waals surface area contributed by atoms with Crippen molar-refractivity contribution < 1.29 is 28.2 Å². The van der Waals surface area contributed by atoms with Crippen molar-refractivity contribution in [3.63, 3.8) is 0 Å². The zero-order valence-corrected chi connectivity index (χ0v) is 20.3. The number of aliphatic carboxylic acids is 1. The number of carboxylic acids is 1. The number of rotatable bonds is 10. The normalized spacial score (nSPS) is 15.2. The number of halogens is 2. The Kier molecular flexibility index (Phi) is 7.96. The van der Waals surface area contributed by atoms with Crippen molar-refractivity contribution in [2.45, 2.75) is 61.9 Å². The van der Waals surface area contributed by atoms with Crippen molar-refractivity contribution in [3.05, 3.63) is 89.0 Å². The van der Waals surface area contributed by atoms with Gasteiger partial charge >= 0.3 is 5.97 Å². The molecule has 1 heterocycles. The van der Waals surface area contributed by atoms with Gasteiger partial charge in [-0.25, -0.2) is 8.78 Å². The first-order valence-electron chi connectivity index (χ1n) is 11.7.